The highest BCUT2D eigenvalue weighted by molar-refractivity contribution is 9.10. The van der Waals surface area contributed by atoms with Gasteiger partial charge in [-0.1, -0.05) is 28.1 Å². The van der Waals surface area contributed by atoms with Crippen molar-refractivity contribution in [3.8, 4) is 0 Å². The van der Waals surface area contributed by atoms with E-state index in [1.807, 2.05) is 24.3 Å². The molecule has 96 valence electrons. The zero-order chi connectivity index (χ0) is 13.0. The predicted molar refractivity (Wildman–Crippen MR) is 72.1 cm³/mol. The van der Waals surface area contributed by atoms with Gasteiger partial charge < -0.3 is 10.2 Å². The van der Waals surface area contributed by atoms with E-state index in [1.54, 1.807) is 4.90 Å². The molecular formula is C13H15BrN2O2. The van der Waals surface area contributed by atoms with E-state index in [9.17, 15) is 9.59 Å². The third-order valence-electron chi connectivity index (χ3n) is 2.86. The van der Waals surface area contributed by atoms with Gasteiger partial charge in [-0.3, -0.25) is 9.59 Å². The standard InChI is InChI=1S/C13H15BrN2O2/c14-11-4-1-3-10(7-11)8-13(18)16-6-2-5-15-12(17)9-16/h1,3-4,7H,2,5-6,8-9H2,(H,15,17). The summed E-state index contributed by atoms with van der Waals surface area (Å²) in [5.41, 5.74) is 0.957. The van der Waals surface area contributed by atoms with Gasteiger partial charge in [0.2, 0.25) is 11.8 Å². The summed E-state index contributed by atoms with van der Waals surface area (Å²) in [6, 6.07) is 7.67. The van der Waals surface area contributed by atoms with Crippen molar-refractivity contribution in [3.05, 3.63) is 34.3 Å². The van der Waals surface area contributed by atoms with Gasteiger partial charge in [0, 0.05) is 17.6 Å². The van der Waals surface area contributed by atoms with E-state index in [4.69, 9.17) is 0 Å². The molecule has 0 aliphatic carbocycles. The number of benzene rings is 1. The lowest BCUT2D eigenvalue weighted by Gasteiger charge is -2.19. The van der Waals surface area contributed by atoms with Gasteiger partial charge in [0.25, 0.3) is 0 Å². The highest BCUT2D eigenvalue weighted by atomic mass is 79.9. The van der Waals surface area contributed by atoms with Crippen LogP contribution in [-0.2, 0) is 16.0 Å². The first-order valence-electron chi connectivity index (χ1n) is 5.94. The molecule has 1 heterocycles. The quantitative estimate of drug-likeness (QED) is 0.896. The molecule has 2 amide bonds. The monoisotopic (exact) mass is 310 g/mol. The van der Waals surface area contributed by atoms with E-state index >= 15 is 0 Å². The van der Waals surface area contributed by atoms with Crippen molar-refractivity contribution >= 4 is 27.7 Å². The highest BCUT2D eigenvalue weighted by Crippen LogP contribution is 2.13. The molecule has 0 atom stereocenters. The fourth-order valence-electron chi connectivity index (χ4n) is 1.95. The first kappa shape index (κ1) is 13.1. The average Bonchev–Trinajstić information content (AvgIpc) is 2.54. The van der Waals surface area contributed by atoms with Gasteiger partial charge in [0.1, 0.15) is 0 Å². The number of hydrogen-bond acceptors (Lipinski definition) is 2. The normalized spacial score (nSPS) is 16.1. The molecule has 1 fully saturated rings. The van der Waals surface area contributed by atoms with Crippen LogP contribution >= 0.6 is 15.9 Å². The molecule has 0 spiro atoms. The number of rotatable bonds is 2. The second kappa shape index (κ2) is 6.00. The van der Waals surface area contributed by atoms with Crippen molar-refractivity contribution in [1.29, 1.82) is 0 Å². The Kier molecular flexibility index (Phi) is 4.36. The Balaban J connectivity index is 2.00. The number of nitrogens with zero attached hydrogens (tertiary/aromatic N) is 1. The van der Waals surface area contributed by atoms with Crippen LogP contribution in [-0.4, -0.2) is 36.3 Å². The van der Waals surface area contributed by atoms with Gasteiger partial charge in [-0.15, -0.1) is 0 Å². The van der Waals surface area contributed by atoms with Gasteiger partial charge in [-0.2, -0.15) is 0 Å². The molecule has 1 aromatic rings. The van der Waals surface area contributed by atoms with Gasteiger partial charge in [-0.25, -0.2) is 0 Å². The number of carbonyl (C=O) groups excluding carboxylic acids is 2. The van der Waals surface area contributed by atoms with Crippen molar-refractivity contribution in [2.45, 2.75) is 12.8 Å². The molecule has 2 rings (SSSR count). The molecule has 4 nitrogen and oxygen atoms in total. The Morgan fingerprint density at radius 2 is 2.28 bits per heavy atom. The van der Waals surface area contributed by atoms with Crippen molar-refractivity contribution in [2.75, 3.05) is 19.6 Å². The van der Waals surface area contributed by atoms with E-state index in [0.717, 1.165) is 16.5 Å². The summed E-state index contributed by atoms with van der Waals surface area (Å²) >= 11 is 3.38. The molecule has 0 unspecified atom stereocenters. The third kappa shape index (κ3) is 3.57. The van der Waals surface area contributed by atoms with Gasteiger partial charge in [0.15, 0.2) is 0 Å². The van der Waals surface area contributed by atoms with Gasteiger partial charge in [0.05, 0.1) is 13.0 Å². The van der Waals surface area contributed by atoms with Crippen LogP contribution in [0.2, 0.25) is 0 Å². The zero-order valence-corrected chi connectivity index (χ0v) is 11.6. The van der Waals surface area contributed by atoms with Crippen LogP contribution < -0.4 is 5.32 Å². The number of nitrogens with one attached hydrogen (secondary N) is 1. The minimum atomic E-state index is -0.0740. The summed E-state index contributed by atoms with van der Waals surface area (Å²) in [4.78, 5) is 25.1. The Labute approximate surface area is 114 Å². The minimum absolute atomic E-state index is 0.00477. The molecule has 1 aliphatic rings. The second-order valence-electron chi connectivity index (χ2n) is 4.33. The minimum Gasteiger partial charge on any atom is -0.354 e. The van der Waals surface area contributed by atoms with Crippen LogP contribution in [0.4, 0.5) is 0 Å². The first-order chi connectivity index (χ1) is 8.65. The number of carbonyl (C=O) groups is 2. The topological polar surface area (TPSA) is 49.4 Å². The molecule has 1 N–H and O–H groups in total. The summed E-state index contributed by atoms with van der Waals surface area (Å²) in [7, 11) is 0. The molecule has 0 bridgehead atoms. The summed E-state index contributed by atoms with van der Waals surface area (Å²) in [5.74, 6) is -0.0692. The first-order valence-corrected chi connectivity index (χ1v) is 6.73. The molecule has 1 saturated heterocycles. The van der Waals surface area contributed by atoms with Crippen LogP contribution in [0.3, 0.4) is 0 Å². The molecule has 0 aromatic heterocycles. The van der Waals surface area contributed by atoms with Crippen LogP contribution in [0.1, 0.15) is 12.0 Å². The largest absolute Gasteiger partial charge is 0.354 e. The van der Waals surface area contributed by atoms with Crippen molar-refractivity contribution in [2.24, 2.45) is 0 Å². The van der Waals surface area contributed by atoms with Crippen molar-refractivity contribution in [3.63, 3.8) is 0 Å². The Morgan fingerprint density at radius 1 is 1.44 bits per heavy atom. The molecule has 5 heteroatoms. The second-order valence-corrected chi connectivity index (χ2v) is 5.24. The number of amides is 2. The van der Waals surface area contributed by atoms with E-state index in [-0.39, 0.29) is 18.4 Å². The van der Waals surface area contributed by atoms with Crippen molar-refractivity contribution < 1.29 is 9.59 Å². The summed E-state index contributed by atoms with van der Waals surface area (Å²) in [5, 5.41) is 2.76. The molecule has 1 aromatic carbocycles. The lowest BCUT2D eigenvalue weighted by molar-refractivity contribution is -0.134. The molecular weight excluding hydrogens is 296 g/mol. The van der Waals surface area contributed by atoms with E-state index in [1.165, 1.54) is 0 Å². The number of hydrogen-bond donors (Lipinski definition) is 1. The summed E-state index contributed by atoms with van der Waals surface area (Å²) in [6.45, 7) is 1.47. The highest BCUT2D eigenvalue weighted by Gasteiger charge is 2.19. The maximum atomic E-state index is 12.1. The van der Waals surface area contributed by atoms with Gasteiger partial charge in [-0.05, 0) is 24.1 Å². The lowest BCUT2D eigenvalue weighted by atomic mass is 10.1. The third-order valence-corrected chi connectivity index (χ3v) is 3.35. The maximum absolute atomic E-state index is 12.1. The van der Waals surface area contributed by atoms with E-state index < -0.39 is 0 Å². The molecule has 0 radical (unpaired) electrons. The summed E-state index contributed by atoms with van der Waals surface area (Å²) in [6.07, 6.45) is 1.16. The average molecular weight is 311 g/mol. The SMILES string of the molecule is O=C1CN(C(=O)Cc2cccc(Br)c2)CCCN1. The van der Waals surface area contributed by atoms with Crippen LogP contribution in [0.15, 0.2) is 28.7 Å². The molecule has 1 aliphatic heterocycles. The number of halogens is 1. The fraction of sp³-hybridized carbons (Fsp3) is 0.385. The zero-order valence-electron chi connectivity index (χ0n) is 9.99. The van der Waals surface area contributed by atoms with E-state index in [0.29, 0.717) is 19.5 Å². The Morgan fingerprint density at radius 3 is 3.06 bits per heavy atom. The smallest absolute Gasteiger partial charge is 0.239 e. The van der Waals surface area contributed by atoms with Crippen LogP contribution in [0.5, 0.6) is 0 Å². The fourth-order valence-corrected chi connectivity index (χ4v) is 2.40. The van der Waals surface area contributed by atoms with Crippen LogP contribution in [0.25, 0.3) is 0 Å². The Hall–Kier alpha value is -1.36. The van der Waals surface area contributed by atoms with E-state index in [2.05, 4.69) is 21.2 Å². The molecule has 0 saturated carbocycles. The summed E-state index contributed by atoms with van der Waals surface area (Å²) < 4.78 is 0.960. The van der Waals surface area contributed by atoms with Crippen molar-refractivity contribution in [1.82, 2.24) is 10.2 Å². The lowest BCUT2D eigenvalue weighted by Crippen LogP contribution is -2.38. The predicted octanol–water partition coefficient (Wildman–Crippen LogP) is 1.34. The molecule has 18 heavy (non-hydrogen) atoms. The maximum Gasteiger partial charge on any atom is 0.239 e. The van der Waals surface area contributed by atoms with Gasteiger partial charge >= 0.3 is 0 Å². The Bertz CT molecular complexity index is 462. The van der Waals surface area contributed by atoms with Crippen LogP contribution in [0, 0.1) is 0 Å².